The van der Waals surface area contributed by atoms with Crippen LogP contribution in [-0.4, -0.2) is 33.4 Å². The summed E-state index contributed by atoms with van der Waals surface area (Å²) in [7, 11) is 0. The number of halogens is 3. The van der Waals surface area contributed by atoms with Gasteiger partial charge in [0.2, 0.25) is 0 Å². The minimum absolute atomic E-state index is 0.0353. The van der Waals surface area contributed by atoms with E-state index in [2.05, 4.69) is 10.4 Å². The monoisotopic (exact) mass is 525 g/mol. The fraction of sp³-hybridized carbons (Fsp3) is 0.115. The lowest BCUT2D eigenvalue weighted by Gasteiger charge is -2.24. The van der Waals surface area contributed by atoms with Gasteiger partial charge in [0.25, 0.3) is 5.91 Å². The molecule has 0 spiro atoms. The fourth-order valence-electron chi connectivity index (χ4n) is 3.91. The highest BCUT2D eigenvalue weighted by Crippen LogP contribution is 2.41. The van der Waals surface area contributed by atoms with E-state index < -0.39 is 29.4 Å². The Morgan fingerprint density at radius 3 is 2.62 bits per heavy atom. The van der Waals surface area contributed by atoms with Gasteiger partial charge in [-0.15, -0.1) is 5.10 Å². The van der Waals surface area contributed by atoms with Crippen molar-refractivity contribution in [1.29, 1.82) is 0 Å². The Kier molecular flexibility index (Phi) is 6.49. The van der Waals surface area contributed by atoms with Crippen molar-refractivity contribution in [2.45, 2.75) is 12.3 Å². The fourth-order valence-corrected chi connectivity index (χ4v) is 4.12. The molecule has 11 heteroatoms. The summed E-state index contributed by atoms with van der Waals surface area (Å²) in [5.74, 6) is -2.36. The summed E-state index contributed by atoms with van der Waals surface area (Å²) >= 11 is 6.33. The van der Waals surface area contributed by atoms with E-state index in [0.29, 0.717) is 29.0 Å². The van der Waals surface area contributed by atoms with Crippen LogP contribution in [0.5, 0.6) is 17.2 Å². The maximum absolute atomic E-state index is 14.0. The Balaban J connectivity index is 1.27. The molecule has 1 aliphatic heterocycles. The molecule has 37 heavy (non-hydrogen) atoms. The molecule has 0 bridgehead atoms. The number of carbonyl (C=O) groups is 2. The van der Waals surface area contributed by atoms with Crippen LogP contribution >= 0.6 is 11.6 Å². The maximum atomic E-state index is 14.0. The number of aromatic nitrogens is 2. The van der Waals surface area contributed by atoms with Gasteiger partial charge in [-0.05, 0) is 48.9 Å². The molecule has 1 aliphatic rings. The minimum atomic E-state index is -0.947. The molecular weight excluding hydrogens is 508 g/mol. The first-order chi connectivity index (χ1) is 17.8. The second-order valence-electron chi connectivity index (χ2n) is 8.17. The van der Waals surface area contributed by atoms with Gasteiger partial charge in [-0.1, -0.05) is 11.6 Å². The first-order valence-electron chi connectivity index (χ1n) is 11.1. The standard InChI is InChI=1S/C26H18ClF2N3O5/c27-19-12-18-17(26(34)35)8-10-36-22(18)13-23(19)37-16-4-1-14(2-5-16)25(33)30-24-7-9-32(31-24)21-6-3-15(28)11-20(21)29/h1-7,9,11-13,17H,8,10H2,(H,34,35)(H,30,31,33). The van der Waals surface area contributed by atoms with Gasteiger partial charge in [-0.25, -0.2) is 13.5 Å². The van der Waals surface area contributed by atoms with Crippen molar-refractivity contribution in [3.63, 3.8) is 0 Å². The Hall–Kier alpha value is -4.44. The number of amides is 1. The zero-order valence-electron chi connectivity index (χ0n) is 19.0. The lowest BCUT2D eigenvalue weighted by Crippen LogP contribution is -2.20. The summed E-state index contributed by atoms with van der Waals surface area (Å²) in [6.07, 6.45) is 1.79. The third kappa shape index (κ3) is 5.10. The number of hydrogen-bond acceptors (Lipinski definition) is 5. The number of carboxylic acid groups (broad SMARTS) is 1. The Morgan fingerprint density at radius 2 is 1.89 bits per heavy atom. The van der Waals surface area contributed by atoms with Crippen LogP contribution in [0.1, 0.15) is 28.3 Å². The number of nitrogens with one attached hydrogen (secondary N) is 1. The van der Waals surface area contributed by atoms with Crippen molar-refractivity contribution >= 4 is 29.3 Å². The number of aliphatic carboxylic acids is 1. The van der Waals surface area contributed by atoms with Crippen LogP contribution in [0.25, 0.3) is 5.69 Å². The third-order valence-electron chi connectivity index (χ3n) is 5.73. The average Bonchev–Trinajstić information content (AvgIpc) is 3.32. The highest BCUT2D eigenvalue weighted by atomic mass is 35.5. The summed E-state index contributed by atoms with van der Waals surface area (Å²) in [4.78, 5) is 24.1. The Labute approximate surface area is 214 Å². The van der Waals surface area contributed by atoms with Crippen molar-refractivity contribution in [2.24, 2.45) is 0 Å². The molecule has 0 saturated heterocycles. The number of fused-ring (bicyclic) bond motifs is 1. The number of nitrogens with zero attached hydrogens (tertiary/aromatic N) is 2. The predicted octanol–water partition coefficient (Wildman–Crippen LogP) is 5.80. The molecule has 1 aromatic heterocycles. The molecule has 0 fully saturated rings. The zero-order chi connectivity index (χ0) is 26.1. The van der Waals surface area contributed by atoms with Crippen molar-refractivity contribution in [3.05, 3.63) is 94.6 Å². The Morgan fingerprint density at radius 1 is 1.11 bits per heavy atom. The average molecular weight is 526 g/mol. The first kappa shape index (κ1) is 24.3. The molecule has 1 amide bonds. The van der Waals surface area contributed by atoms with Crippen molar-refractivity contribution in [2.75, 3.05) is 11.9 Å². The van der Waals surface area contributed by atoms with Crippen LogP contribution in [0, 0.1) is 11.6 Å². The van der Waals surface area contributed by atoms with Gasteiger partial charge < -0.3 is 19.9 Å². The molecule has 2 heterocycles. The molecule has 188 valence electrons. The quantitative estimate of drug-likeness (QED) is 0.330. The number of rotatable bonds is 6. The van der Waals surface area contributed by atoms with Crippen LogP contribution in [0.3, 0.4) is 0 Å². The van der Waals surface area contributed by atoms with Crippen LogP contribution in [0.2, 0.25) is 5.02 Å². The van der Waals surface area contributed by atoms with Gasteiger partial charge in [0.05, 0.1) is 17.5 Å². The number of carbonyl (C=O) groups excluding carboxylic acids is 1. The minimum Gasteiger partial charge on any atom is -0.493 e. The normalized spacial score (nSPS) is 14.4. The summed E-state index contributed by atoms with van der Waals surface area (Å²) < 4.78 is 39.7. The number of hydrogen-bond donors (Lipinski definition) is 2. The van der Waals surface area contributed by atoms with Gasteiger partial charge in [0, 0.05) is 35.5 Å². The second-order valence-corrected chi connectivity index (χ2v) is 8.58. The Bertz CT molecular complexity index is 1510. The van der Waals surface area contributed by atoms with Gasteiger partial charge in [-0.3, -0.25) is 9.59 Å². The van der Waals surface area contributed by atoms with E-state index in [4.69, 9.17) is 21.1 Å². The van der Waals surface area contributed by atoms with Crippen LogP contribution < -0.4 is 14.8 Å². The van der Waals surface area contributed by atoms with E-state index in [1.165, 1.54) is 41.2 Å². The highest BCUT2D eigenvalue weighted by molar-refractivity contribution is 6.32. The van der Waals surface area contributed by atoms with Crippen molar-refractivity contribution < 1.29 is 33.0 Å². The molecule has 0 saturated carbocycles. The summed E-state index contributed by atoms with van der Waals surface area (Å²) in [5, 5.41) is 16.4. The second kappa shape index (κ2) is 9.90. The smallest absolute Gasteiger partial charge is 0.311 e. The summed E-state index contributed by atoms with van der Waals surface area (Å²) in [6, 6.07) is 13.9. The van der Waals surface area contributed by atoms with E-state index in [1.54, 1.807) is 18.2 Å². The summed E-state index contributed by atoms with van der Waals surface area (Å²) in [5.41, 5.74) is 0.833. The number of benzene rings is 3. The zero-order valence-corrected chi connectivity index (χ0v) is 19.7. The van der Waals surface area contributed by atoms with Crippen molar-refractivity contribution in [3.8, 4) is 22.9 Å². The summed E-state index contributed by atoms with van der Waals surface area (Å²) in [6.45, 7) is 0.270. The van der Waals surface area contributed by atoms with E-state index in [1.807, 2.05) is 0 Å². The van der Waals surface area contributed by atoms with Crippen LogP contribution in [0.15, 0.2) is 66.9 Å². The number of carboxylic acids is 1. The molecule has 2 N–H and O–H groups in total. The lowest BCUT2D eigenvalue weighted by molar-refractivity contribution is -0.139. The molecule has 5 rings (SSSR count). The van der Waals surface area contributed by atoms with Crippen LogP contribution in [0.4, 0.5) is 14.6 Å². The molecule has 0 aliphatic carbocycles. The van der Waals surface area contributed by atoms with Gasteiger partial charge in [0.15, 0.2) is 11.6 Å². The third-order valence-corrected chi connectivity index (χ3v) is 6.03. The molecule has 0 radical (unpaired) electrons. The highest BCUT2D eigenvalue weighted by Gasteiger charge is 2.29. The van der Waals surface area contributed by atoms with E-state index in [9.17, 15) is 23.5 Å². The van der Waals surface area contributed by atoms with Crippen LogP contribution in [-0.2, 0) is 4.79 Å². The molecule has 3 aromatic carbocycles. The topological polar surface area (TPSA) is 103 Å². The molecule has 8 nitrogen and oxygen atoms in total. The largest absolute Gasteiger partial charge is 0.493 e. The van der Waals surface area contributed by atoms with Gasteiger partial charge >= 0.3 is 5.97 Å². The lowest BCUT2D eigenvalue weighted by atomic mass is 9.93. The number of anilines is 1. The van der Waals surface area contributed by atoms with E-state index >= 15 is 0 Å². The SMILES string of the molecule is O=C(Nc1ccn(-c2ccc(F)cc2F)n1)c1ccc(Oc2cc3c(cc2Cl)C(C(=O)O)CCO3)cc1. The van der Waals surface area contributed by atoms with Gasteiger partial charge in [-0.2, -0.15) is 0 Å². The molecule has 1 atom stereocenters. The molecule has 4 aromatic rings. The first-order valence-corrected chi connectivity index (χ1v) is 11.5. The molecule has 1 unspecified atom stereocenters. The molecular formula is C26H18ClF2N3O5. The van der Waals surface area contributed by atoms with E-state index in [-0.39, 0.29) is 28.9 Å². The van der Waals surface area contributed by atoms with Gasteiger partial charge in [0.1, 0.15) is 28.8 Å². The number of ether oxygens (including phenoxy) is 2. The maximum Gasteiger partial charge on any atom is 0.311 e. The predicted molar refractivity (Wildman–Crippen MR) is 130 cm³/mol. The van der Waals surface area contributed by atoms with E-state index in [0.717, 1.165) is 12.1 Å². The van der Waals surface area contributed by atoms with Crippen molar-refractivity contribution in [1.82, 2.24) is 9.78 Å².